The first-order valence-corrected chi connectivity index (χ1v) is 12.3. The van der Waals surface area contributed by atoms with Crippen molar-refractivity contribution in [3.05, 3.63) is 75.1 Å². The average molecular weight is 493 g/mol. The van der Waals surface area contributed by atoms with Gasteiger partial charge >= 0.3 is 0 Å². The number of nitrogens with zero attached hydrogens (tertiary/aromatic N) is 3. The van der Waals surface area contributed by atoms with E-state index in [9.17, 15) is 18.8 Å². The monoisotopic (exact) mass is 492 g/mol. The molecule has 188 valence electrons. The van der Waals surface area contributed by atoms with Gasteiger partial charge in [0.2, 0.25) is 11.8 Å². The molecular formula is C27H29FN4O4. The van der Waals surface area contributed by atoms with Gasteiger partial charge in [-0.1, -0.05) is 24.3 Å². The maximum atomic E-state index is 14.9. The Morgan fingerprint density at radius 2 is 1.86 bits per heavy atom. The maximum Gasteiger partial charge on any atom is 0.262 e. The highest BCUT2D eigenvalue weighted by atomic mass is 19.1. The van der Waals surface area contributed by atoms with E-state index in [0.717, 1.165) is 24.2 Å². The summed E-state index contributed by atoms with van der Waals surface area (Å²) in [5.41, 5.74) is 2.49. The van der Waals surface area contributed by atoms with Crippen molar-refractivity contribution in [2.24, 2.45) is 0 Å². The van der Waals surface area contributed by atoms with Gasteiger partial charge in [-0.05, 0) is 55.0 Å². The minimum atomic E-state index is -0.781. The van der Waals surface area contributed by atoms with Crippen LogP contribution in [0.5, 0.6) is 0 Å². The number of imide groups is 1. The lowest BCUT2D eigenvalue weighted by molar-refractivity contribution is -0.135. The van der Waals surface area contributed by atoms with E-state index in [2.05, 4.69) is 15.2 Å². The van der Waals surface area contributed by atoms with E-state index in [1.807, 2.05) is 24.3 Å². The zero-order chi connectivity index (χ0) is 25.2. The van der Waals surface area contributed by atoms with Crippen LogP contribution < -0.4 is 10.9 Å². The second kappa shape index (κ2) is 10.3. The standard InChI is InChI=1S/C27H29FN4O4/c1-17-29-22-4-2-3-20(25(22)27(35)32(17)23-9-10-24(33)30-26(23)34)8-7-19-6-5-18(15-21(19)28)16-31-11-13-36-14-12-31/h2-6,15,23H,7-14,16H2,1H3,(H,30,33,34). The molecule has 1 N–H and O–H groups in total. The first-order valence-electron chi connectivity index (χ1n) is 12.3. The molecule has 36 heavy (non-hydrogen) atoms. The van der Waals surface area contributed by atoms with Crippen LogP contribution in [0.15, 0.2) is 41.2 Å². The molecular weight excluding hydrogens is 463 g/mol. The summed E-state index contributed by atoms with van der Waals surface area (Å²) in [6.45, 7) is 5.46. The number of rotatable bonds is 6. The Morgan fingerprint density at radius 1 is 1.08 bits per heavy atom. The molecule has 0 radical (unpaired) electrons. The largest absolute Gasteiger partial charge is 0.379 e. The van der Waals surface area contributed by atoms with Crippen LogP contribution in [0.4, 0.5) is 4.39 Å². The lowest BCUT2D eigenvalue weighted by Gasteiger charge is -2.26. The fraction of sp³-hybridized carbons (Fsp3) is 0.407. The van der Waals surface area contributed by atoms with Gasteiger partial charge in [0.15, 0.2) is 0 Å². The van der Waals surface area contributed by atoms with Gasteiger partial charge in [0.1, 0.15) is 17.7 Å². The molecule has 0 saturated carbocycles. The number of amides is 2. The van der Waals surface area contributed by atoms with E-state index in [4.69, 9.17) is 4.74 Å². The second-order valence-corrected chi connectivity index (χ2v) is 9.43. The molecule has 2 aliphatic rings. The zero-order valence-electron chi connectivity index (χ0n) is 20.3. The zero-order valence-corrected chi connectivity index (χ0v) is 20.3. The number of fused-ring (bicyclic) bond motifs is 1. The summed E-state index contributed by atoms with van der Waals surface area (Å²) < 4.78 is 21.7. The van der Waals surface area contributed by atoms with Gasteiger partial charge in [-0.2, -0.15) is 0 Å². The van der Waals surface area contributed by atoms with Crippen molar-refractivity contribution < 1.29 is 18.7 Å². The molecule has 0 spiro atoms. The highest BCUT2D eigenvalue weighted by molar-refractivity contribution is 5.99. The van der Waals surface area contributed by atoms with Crippen LogP contribution >= 0.6 is 0 Å². The maximum absolute atomic E-state index is 14.9. The number of morpholine rings is 1. The number of aromatic nitrogens is 2. The summed E-state index contributed by atoms with van der Waals surface area (Å²) >= 11 is 0. The average Bonchev–Trinajstić information content (AvgIpc) is 2.85. The molecule has 2 aromatic carbocycles. The molecule has 3 aromatic rings. The molecule has 0 bridgehead atoms. The molecule has 2 amide bonds. The molecule has 1 atom stereocenters. The van der Waals surface area contributed by atoms with Crippen LogP contribution in [0.3, 0.4) is 0 Å². The second-order valence-electron chi connectivity index (χ2n) is 9.43. The Morgan fingerprint density at radius 3 is 2.61 bits per heavy atom. The van der Waals surface area contributed by atoms with E-state index < -0.39 is 11.9 Å². The van der Waals surface area contributed by atoms with E-state index in [1.54, 1.807) is 19.1 Å². The number of aryl methyl sites for hydroxylation is 3. The molecule has 2 fully saturated rings. The Balaban J connectivity index is 1.39. The Hall–Kier alpha value is -3.43. The Kier molecular flexibility index (Phi) is 6.93. The van der Waals surface area contributed by atoms with Gasteiger partial charge in [-0.25, -0.2) is 9.37 Å². The SMILES string of the molecule is Cc1nc2cccc(CCc3ccc(CN4CCOCC4)cc3F)c2c(=O)n1C1CCC(=O)NC1=O. The Bertz CT molecular complexity index is 1380. The van der Waals surface area contributed by atoms with Crippen molar-refractivity contribution in [1.29, 1.82) is 0 Å². The first kappa shape index (κ1) is 24.3. The van der Waals surface area contributed by atoms with Crippen molar-refractivity contribution in [2.75, 3.05) is 26.3 Å². The van der Waals surface area contributed by atoms with Crippen molar-refractivity contribution in [3.63, 3.8) is 0 Å². The molecule has 1 aromatic heterocycles. The minimum absolute atomic E-state index is 0.169. The third kappa shape index (κ3) is 4.94. The van der Waals surface area contributed by atoms with Crippen LogP contribution in [0.25, 0.3) is 10.9 Å². The molecule has 9 heteroatoms. The van der Waals surface area contributed by atoms with Crippen LogP contribution in [0.1, 0.15) is 41.4 Å². The summed E-state index contributed by atoms with van der Waals surface area (Å²) in [5, 5.41) is 2.74. The van der Waals surface area contributed by atoms with Crippen LogP contribution in [-0.2, 0) is 33.7 Å². The van der Waals surface area contributed by atoms with E-state index in [1.165, 1.54) is 4.57 Å². The smallest absolute Gasteiger partial charge is 0.262 e. The molecule has 5 rings (SSSR count). The number of halogens is 1. The summed E-state index contributed by atoms with van der Waals surface area (Å²) in [4.78, 5) is 44.4. The van der Waals surface area contributed by atoms with Crippen LogP contribution in [-0.4, -0.2) is 52.6 Å². The van der Waals surface area contributed by atoms with Gasteiger partial charge in [0.25, 0.3) is 5.56 Å². The lowest BCUT2D eigenvalue weighted by Crippen LogP contribution is -2.45. The van der Waals surface area contributed by atoms with Gasteiger partial charge in [0.05, 0.1) is 24.1 Å². The predicted molar refractivity (Wildman–Crippen MR) is 132 cm³/mol. The number of benzene rings is 2. The molecule has 0 aliphatic carbocycles. The normalized spacial score (nSPS) is 19.0. The number of nitrogens with one attached hydrogen (secondary N) is 1. The fourth-order valence-electron chi connectivity index (χ4n) is 5.10. The third-order valence-electron chi connectivity index (χ3n) is 7.01. The van der Waals surface area contributed by atoms with Gasteiger partial charge in [-0.15, -0.1) is 0 Å². The molecule has 2 saturated heterocycles. The van der Waals surface area contributed by atoms with E-state index in [-0.39, 0.29) is 30.1 Å². The van der Waals surface area contributed by atoms with Crippen LogP contribution in [0.2, 0.25) is 0 Å². The highest BCUT2D eigenvalue weighted by Gasteiger charge is 2.30. The number of hydrogen-bond donors (Lipinski definition) is 1. The summed E-state index contributed by atoms with van der Waals surface area (Å²) in [6.07, 6.45) is 1.30. The minimum Gasteiger partial charge on any atom is -0.379 e. The predicted octanol–water partition coefficient (Wildman–Crippen LogP) is 2.44. The number of hydrogen-bond acceptors (Lipinski definition) is 6. The topological polar surface area (TPSA) is 93.5 Å². The fourth-order valence-corrected chi connectivity index (χ4v) is 5.10. The molecule has 3 heterocycles. The Labute approximate surface area is 208 Å². The summed E-state index contributed by atoms with van der Waals surface area (Å²) in [5.74, 6) is -0.666. The van der Waals surface area contributed by atoms with Crippen LogP contribution in [0, 0.1) is 12.7 Å². The molecule has 8 nitrogen and oxygen atoms in total. The number of ether oxygens (including phenoxy) is 1. The first-order chi connectivity index (χ1) is 17.4. The van der Waals surface area contributed by atoms with E-state index >= 15 is 0 Å². The van der Waals surface area contributed by atoms with Gasteiger partial charge in [-0.3, -0.25) is 29.2 Å². The number of piperidine rings is 1. The van der Waals surface area contributed by atoms with Crippen molar-refractivity contribution in [2.45, 2.75) is 45.2 Å². The number of carbonyl (C=O) groups excluding carboxylic acids is 2. The summed E-state index contributed by atoms with van der Waals surface area (Å²) in [6, 6.07) is 10.0. The molecule has 2 aliphatic heterocycles. The number of carbonyl (C=O) groups is 2. The molecule has 1 unspecified atom stereocenters. The van der Waals surface area contributed by atoms with E-state index in [0.29, 0.717) is 54.9 Å². The summed E-state index contributed by atoms with van der Waals surface area (Å²) in [7, 11) is 0. The van der Waals surface area contributed by atoms with Crippen molar-refractivity contribution in [3.8, 4) is 0 Å². The van der Waals surface area contributed by atoms with Gasteiger partial charge < -0.3 is 4.74 Å². The van der Waals surface area contributed by atoms with Gasteiger partial charge in [0, 0.05) is 26.1 Å². The lowest BCUT2D eigenvalue weighted by atomic mass is 9.99. The quantitative estimate of drug-likeness (QED) is 0.532. The third-order valence-corrected chi connectivity index (χ3v) is 7.01. The van der Waals surface area contributed by atoms with Crippen molar-refractivity contribution in [1.82, 2.24) is 19.8 Å². The highest BCUT2D eigenvalue weighted by Crippen LogP contribution is 2.23. The van der Waals surface area contributed by atoms with Crippen molar-refractivity contribution >= 4 is 22.7 Å².